The van der Waals surface area contributed by atoms with Gasteiger partial charge >= 0.3 is 0 Å². The quantitative estimate of drug-likeness (QED) is 0.590. The average Bonchev–Trinajstić information content (AvgIpc) is 2.47. The molecule has 14 heavy (non-hydrogen) atoms. The van der Waals surface area contributed by atoms with Gasteiger partial charge in [-0.05, 0) is 19.8 Å². The van der Waals surface area contributed by atoms with Crippen LogP contribution >= 0.6 is 0 Å². The first-order valence-electron chi connectivity index (χ1n) is 5.22. The van der Waals surface area contributed by atoms with Gasteiger partial charge in [0.2, 0.25) is 0 Å². The Balaban J connectivity index is 2.06. The Bertz CT molecular complexity index is 285. The first-order chi connectivity index (χ1) is 6.61. The van der Waals surface area contributed by atoms with Crippen molar-refractivity contribution in [3.8, 4) is 0 Å². The molecular weight excluding hydrogens is 176 g/mol. The Hall–Kier alpha value is -0.990. The Morgan fingerprint density at radius 3 is 2.93 bits per heavy atom. The van der Waals surface area contributed by atoms with Crippen molar-refractivity contribution < 1.29 is 4.84 Å². The molecule has 0 aromatic heterocycles. The number of rotatable bonds is 0. The van der Waals surface area contributed by atoms with E-state index in [9.17, 15) is 0 Å². The highest BCUT2D eigenvalue weighted by molar-refractivity contribution is 5.83. The predicted octanol–water partition coefficient (Wildman–Crippen LogP) is 2.15. The second kappa shape index (κ2) is 3.30. The summed E-state index contributed by atoms with van der Waals surface area (Å²) in [5, 5.41) is 4.07. The Labute approximate surface area is 85.4 Å². The standard InChI is InChI=1S/C11H18N2O/c1-9-8-11(14-12-9)5-4-10(2)13(3)7-6-11/h2,4-8H2,1,3H3. The topological polar surface area (TPSA) is 24.8 Å². The molecule has 1 saturated heterocycles. The summed E-state index contributed by atoms with van der Waals surface area (Å²) in [6, 6.07) is 0. The first-order valence-corrected chi connectivity index (χ1v) is 5.22. The van der Waals surface area contributed by atoms with Crippen LogP contribution in [0.1, 0.15) is 32.6 Å². The summed E-state index contributed by atoms with van der Waals surface area (Å²) in [5.74, 6) is 0. The number of hydrogen-bond donors (Lipinski definition) is 0. The van der Waals surface area contributed by atoms with Crippen molar-refractivity contribution in [1.82, 2.24) is 4.90 Å². The normalized spacial score (nSPS) is 32.9. The van der Waals surface area contributed by atoms with Crippen molar-refractivity contribution in [1.29, 1.82) is 0 Å². The molecule has 2 aliphatic rings. The van der Waals surface area contributed by atoms with E-state index in [4.69, 9.17) is 4.84 Å². The van der Waals surface area contributed by atoms with Gasteiger partial charge in [0.15, 0.2) is 0 Å². The molecule has 0 aliphatic carbocycles. The minimum atomic E-state index is -0.0161. The summed E-state index contributed by atoms with van der Waals surface area (Å²) in [6.45, 7) is 7.13. The molecule has 1 unspecified atom stereocenters. The molecule has 2 rings (SSSR count). The molecule has 1 atom stereocenters. The predicted molar refractivity (Wildman–Crippen MR) is 57.2 cm³/mol. The molecule has 0 N–H and O–H groups in total. The van der Waals surface area contributed by atoms with Crippen LogP contribution < -0.4 is 0 Å². The fraction of sp³-hybridized carbons (Fsp3) is 0.727. The zero-order chi connectivity index (χ0) is 10.2. The molecule has 2 heterocycles. The highest BCUT2D eigenvalue weighted by Crippen LogP contribution is 2.36. The van der Waals surface area contributed by atoms with Crippen LogP contribution in [0, 0.1) is 0 Å². The molecule has 0 aromatic rings. The third-order valence-corrected chi connectivity index (χ3v) is 3.28. The van der Waals surface area contributed by atoms with Gasteiger partial charge in [-0.2, -0.15) is 0 Å². The Morgan fingerprint density at radius 1 is 1.50 bits per heavy atom. The number of nitrogens with zero attached hydrogens (tertiary/aromatic N) is 2. The van der Waals surface area contributed by atoms with Gasteiger partial charge in [0, 0.05) is 32.1 Å². The molecule has 1 spiro atoms. The lowest BCUT2D eigenvalue weighted by Gasteiger charge is -2.24. The third-order valence-electron chi connectivity index (χ3n) is 3.28. The number of likely N-dealkylation sites (tertiary alicyclic amines) is 1. The number of hydrogen-bond acceptors (Lipinski definition) is 3. The van der Waals surface area contributed by atoms with Gasteiger partial charge in [-0.1, -0.05) is 11.7 Å². The molecule has 0 radical (unpaired) electrons. The summed E-state index contributed by atoms with van der Waals surface area (Å²) in [7, 11) is 2.10. The summed E-state index contributed by atoms with van der Waals surface area (Å²) in [5.41, 5.74) is 2.33. The highest BCUT2D eigenvalue weighted by Gasteiger charge is 2.39. The highest BCUT2D eigenvalue weighted by atomic mass is 16.7. The minimum absolute atomic E-state index is 0.0161. The number of allylic oxidation sites excluding steroid dienone is 1. The molecule has 0 bridgehead atoms. The summed E-state index contributed by atoms with van der Waals surface area (Å²) in [6.07, 6.45) is 4.13. The summed E-state index contributed by atoms with van der Waals surface area (Å²) in [4.78, 5) is 7.82. The summed E-state index contributed by atoms with van der Waals surface area (Å²) < 4.78 is 0. The van der Waals surface area contributed by atoms with Crippen LogP contribution in [0.4, 0.5) is 0 Å². The molecular formula is C11H18N2O. The Kier molecular flexibility index (Phi) is 2.25. The van der Waals surface area contributed by atoms with Crippen molar-refractivity contribution in [2.45, 2.75) is 38.2 Å². The fourth-order valence-corrected chi connectivity index (χ4v) is 2.19. The van der Waals surface area contributed by atoms with E-state index >= 15 is 0 Å². The SMILES string of the molecule is C=C1CCC2(CCN1C)CC(C)=NO2. The van der Waals surface area contributed by atoms with E-state index < -0.39 is 0 Å². The maximum Gasteiger partial charge on any atom is 0.145 e. The van der Waals surface area contributed by atoms with Crippen LogP contribution in [0.15, 0.2) is 17.4 Å². The lowest BCUT2D eigenvalue weighted by atomic mass is 9.90. The molecule has 0 amide bonds. The molecule has 3 heteroatoms. The van der Waals surface area contributed by atoms with Crippen molar-refractivity contribution in [2.75, 3.05) is 13.6 Å². The van der Waals surface area contributed by atoms with Crippen LogP contribution in [-0.2, 0) is 4.84 Å². The van der Waals surface area contributed by atoms with Gasteiger partial charge < -0.3 is 9.74 Å². The zero-order valence-electron chi connectivity index (χ0n) is 9.05. The van der Waals surface area contributed by atoms with Gasteiger partial charge in [0.1, 0.15) is 5.60 Å². The van der Waals surface area contributed by atoms with E-state index in [0.717, 1.165) is 37.9 Å². The largest absolute Gasteiger partial charge is 0.389 e. The van der Waals surface area contributed by atoms with Crippen molar-refractivity contribution in [3.63, 3.8) is 0 Å². The van der Waals surface area contributed by atoms with Crippen molar-refractivity contribution in [3.05, 3.63) is 12.3 Å². The van der Waals surface area contributed by atoms with Gasteiger partial charge in [0.25, 0.3) is 0 Å². The average molecular weight is 194 g/mol. The molecule has 0 saturated carbocycles. The molecule has 0 aromatic carbocycles. The van der Waals surface area contributed by atoms with Crippen molar-refractivity contribution >= 4 is 5.71 Å². The molecule has 3 nitrogen and oxygen atoms in total. The maximum atomic E-state index is 5.59. The van der Waals surface area contributed by atoms with E-state index in [1.807, 2.05) is 6.92 Å². The third kappa shape index (κ3) is 1.63. The fourth-order valence-electron chi connectivity index (χ4n) is 2.19. The van der Waals surface area contributed by atoms with Gasteiger partial charge in [0.05, 0.1) is 5.71 Å². The molecule has 2 aliphatic heterocycles. The molecule has 1 fully saturated rings. The van der Waals surface area contributed by atoms with E-state index in [-0.39, 0.29) is 5.60 Å². The van der Waals surface area contributed by atoms with Crippen molar-refractivity contribution in [2.24, 2.45) is 5.16 Å². The first kappa shape index (κ1) is 9.56. The van der Waals surface area contributed by atoms with E-state index in [0.29, 0.717) is 0 Å². The maximum absolute atomic E-state index is 5.59. The Morgan fingerprint density at radius 2 is 2.29 bits per heavy atom. The van der Waals surface area contributed by atoms with E-state index in [2.05, 4.69) is 23.7 Å². The van der Waals surface area contributed by atoms with Crippen LogP contribution in [-0.4, -0.2) is 29.8 Å². The van der Waals surface area contributed by atoms with Crippen LogP contribution in [0.3, 0.4) is 0 Å². The zero-order valence-corrected chi connectivity index (χ0v) is 9.05. The monoisotopic (exact) mass is 194 g/mol. The van der Waals surface area contributed by atoms with Crippen LogP contribution in [0.2, 0.25) is 0 Å². The van der Waals surface area contributed by atoms with Gasteiger partial charge in [-0.15, -0.1) is 0 Å². The van der Waals surface area contributed by atoms with Crippen LogP contribution in [0.5, 0.6) is 0 Å². The number of oxime groups is 1. The van der Waals surface area contributed by atoms with Gasteiger partial charge in [-0.25, -0.2) is 0 Å². The smallest absolute Gasteiger partial charge is 0.145 e. The van der Waals surface area contributed by atoms with Gasteiger partial charge in [-0.3, -0.25) is 0 Å². The molecule has 78 valence electrons. The minimum Gasteiger partial charge on any atom is -0.389 e. The second-order valence-electron chi connectivity index (χ2n) is 4.52. The summed E-state index contributed by atoms with van der Waals surface area (Å²) >= 11 is 0. The lowest BCUT2D eigenvalue weighted by Crippen LogP contribution is -2.30. The van der Waals surface area contributed by atoms with Crippen LogP contribution in [0.25, 0.3) is 0 Å². The van der Waals surface area contributed by atoms with E-state index in [1.165, 1.54) is 5.70 Å². The lowest BCUT2D eigenvalue weighted by molar-refractivity contribution is -0.0287. The second-order valence-corrected chi connectivity index (χ2v) is 4.52. The van der Waals surface area contributed by atoms with E-state index in [1.54, 1.807) is 0 Å².